The summed E-state index contributed by atoms with van der Waals surface area (Å²) >= 11 is 0. The van der Waals surface area contributed by atoms with Gasteiger partial charge >= 0.3 is 0 Å². The van der Waals surface area contributed by atoms with E-state index in [0.717, 1.165) is 0 Å². The second kappa shape index (κ2) is 3.39. The lowest BCUT2D eigenvalue weighted by Gasteiger charge is -2.36. The highest BCUT2D eigenvalue weighted by Crippen LogP contribution is 2.31. The highest BCUT2D eigenvalue weighted by Gasteiger charge is 2.27. The van der Waals surface area contributed by atoms with Gasteiger partial charge < -0.3 is 5.32 Å². The smallest absolute Gasteiger partial charge is 0.0360 e. The largest absolute Gasteiger partial charge is 0.303 e. The molecule has 0 aromatic heterocycles. The first-order valence-corrected chi connectivity index (χ1v) is 5.77. The van der Waals surface area contributed by atoms with Crippen LogP contribution in [0.4, 0.5) is 0 Å². The Morgan fingerprint density at radius 3 is 3.21 bits per heavy atom. The van der Waals surface area contributed by atoms with Gasteiger partial charge in [-0.1, -0.05) is 36.3 Å². The van der Waals surface area contributed by atoms with Crippen LogP contribution in [-0.2, 0) is 0 Å². The van der Waals surface area contributed by atoms with Gasteiger partial charge in [-0.3, -0.25) is 0 Å². The maximum Gasteiger partial charge on any atom is 0.0360 e. The molecule has 2 atom stereocenters. The predicted octanol–water partition coefficient (Wildman–Crippen LogP) is 2.71. The highest BCUT2D eigenvalue weighted by atomic mass is 15.0. The van der Waals surface area contributed by atoms with Crippen molar-refractivity contribution in [3.8, 4) is 0 Å². The van der Waals surface area contributed by atoms with Crippen LogP contribution >= 0.6 is 0 Å². The maximum absolute atomic E-state index is 3.77. The number of allylic oxidation sites excluding steroid dienone is 2. The predicted molar refractivity (Wildman–Crippen MR) is 59.1 cm³/mol. The summed E-state index contributed by atoms with van der Waals surface area (Å²) in [5.74, 6) is 0. The first kappa shape index (κ1) is 8.49. The quantitative estimate of drug-likeness (QED) is 0.615. The molecule has 0 amide bonds. The SMILES string of the molecule is C1=CC[C@H]2N[C@@H]3CCCCC3=CC2=C1. The monoisotopic (exact) mass is 187 g/mol. The Kier molecular flexibility index (Phi) is 2.06. The van der Waals surface area contributed by atoms with Crippen molar-refractivity contribution in [2.75, 3.05) is 0 Å². The third kappa shape index (κ3) is 1.36. The molecule has 0 saturated heterocycles. The average molecular weight is 187 g/mol. The fourth-order valence-corrected chi connectivity index (χ4v) is 2.82. The van der Waals surface area contributed by atoms with E-state index in [1.54, 1.807) is 5.57 Å². The van der Waals surface area contributed by atoms with Gasteiger partial charge in [0.25, 0.3) is 0 Å². The molecule has 1 heteroatoms. The minimum atomic E-state index is 0.604. The van der Waals surface area contributed by atoms with E-state index in [4.69, 9.17) is 0 Å². The van der Waals surface area contributed by atoms with Crippen LogP contribution in [0.5, 0.6) is 0 Å². The van der Waals surface area contributed by atoms with Crippen molar-refractivity contribution in [3.63, 3.8) is 0 Å². The van der Waals surface area contributed by atoms with Crippen LogP contribution in [0.25, 0.3) is 0 Å². The van der Waals surface area contributed by atoms with Gasteiger partial charge in [0.2, 0.25) is 0 Å². The number of rotatable bonds is 0. The standard InChI is InChI=1S/C13H17N/c1-3-7-12-10(5-1)9-11-6-2-4-8-13(11)14-12/h1,3,5,9,12-14H,2,4,6-8H2/t12-,13-/m1/s1. The van der Waals surface area contributed by atoms with Crippen LogP contribution in [0.1, 0.15) is 32.1 Å². The molecule has 0 radical (unpaired) electrons. The van der Waals surface area contributed by atoms with Gasteiger partial charge in [-0.2, -0.15) is 0 Å². The van der Waals surface area contributed by atoms with E-state index in [1.807, 2.05) is 0 Å². The van der Waals surface area contributed by atoms with Crippen molar-refractivity contribution in [2.24, 2.45) is 0 Å². The molecule has 1 fully saturated rings. The summed E-state index contributed by atoms with van der Waals surface area (Å²) in [7, 11) is 0. The second-order valence-electron chi connectivity index (χ2n) is 4.57. The lowest BCUT2D eigenvalue weighted by molar-refractivity contribution is 0.407. The van der Waals surface area contributed by atoms with Crippen molar-refractivity contribution < 1.29 is 0 Å². The Balaban J connectivity index is 1.92. The lowest BCUT2D eigenvalue weighted by Crippen LogP contribution is -2.45. The molecule has 3 aliphatic rings. The Hall–Kier alpha value is -0.820. The number of nitrogens with one attached hydrogen (secondary N) is 1. The minimum Gasteiger partial charge on any atom is -0.303 e. The normalized spacial score (nSPS) is 35.4. The second-order valence-corrected chi connectivity index (χ2v) is 4.57. The molecule has 0 aromatic carbocycles. The molecular weight excluding hydrogens is 170 g/mol. The Morgan fingerprint density at radius 1 is 1.21 bits per heavy atom. The van der Waals surface area contributed by atoms with Crippen molar-refractivity contribution in [1.29, 1.82) is 0 Å². The highest BCUT2D eigenvalue weighted by molar-refractivity contribution is 5.40. The van der Waals surface area contributed by atoms with Crippen molar-refractivity contribution in [3.05, 3.63) is 35.5 Å². The molecule has 1 nitrogen and oxygen atoms in total. The molecule has 0 bridgehead atoms. The number of fused-ring (bicyclic) bond motifs is 2. The van der Waals surface area contributed by atoms with Crippen molar-refractivity contribution in [1.82, 2.24) is 5.32 Å². The Bertz CT molecular complexity index is 322. The summed E-state index contributed by atoms with van der Waals surface area (Å²) in [6, 6.07) is 1.30. The summed E-state index contributed by atoms with van der Waals surface area (Å²) in [6.45, 7) is 0. The molecule has 1 N–H and O–H groups in total. The fraction of sp³-hybridized carbons (Fsp3) is 0.538. The third-order valence-corrected chi connectivity index (χ3v) is 3.61. The fourth-order valence-electron chi connectivity index (χ4n) is 2.82. The zero-order valence-electron chi connectivity index (χ0n) is 8.50. The summed E-state index contributed by atoms with van der Waals surface area (Å²) in [6.07, 6.45) is 15.8. The van der Waals surface area contributed by atoms with Gasteiger partial charge in [0.05, 0.1) is 0 Å². The zero-order valence-corrected chi connectivity index (χ0v) is 8.50. The van der Waals surface area contributed by atoms with Gasteiger partial charge in [-0.25, -0.2) is 0 Å². The molecule has 1 saturated carbocycles. The first-order valence-electron chi connectivity index (χ1n) is 5.77. The Labute approximate surface area is 85.6 Å². The molecule has 1 aliphatic heterocycles. The number of hydrogen-bond acceptors (Lipinski definition) is 1. The molecule has 74 valence electrons. The molecule has 0 unspecified atom stereocenters. The van der Waals surface area contributed by atoms with E-state index in [2.05, 4.69) is 29.6 Å². The lowest BCUT2D eigenvalue weighted by atomic mass is 9.82. The zero-order chi connectivity index (χ0) is 9.38. The van der Waals surface area contributed by atoms with E-state index < -0.39 is 0 Å². The number of hydrogen-bond donors (Lipinski definition) is 1. The van der Waals surface area contributed by atoms with Crippen LogP contribution in [0, 0.1) is 0 Å². The van der Waals surface area contributed by atoms with Gasteiger partial charge in [-0.05, 0) is 31.3 Å². The summed E-state index contributed by atoms with van der Waals surface area (Å²) in [4.78, 5) is 0. The molecule has 2 aliphatic carbocycles. The maximum atomic E-state index is 3.77. The van der Waals surface area contributed by atoms with Crippen LogP contribution in [0.15, 0.2) is 35.5 Å². The molecule has 14 heavy (non-hydrogen) atoms. The summed E-state index contributed by atoms with van der Waals surface area (Å²) in [5.41, 5.74) is 3.15. The first-order chi connectivity index (χ1) is 6.93. The summed E-state index contributed by atoms with van der Waals surface area (Å²) < 4.78 is 0. The van der Waals surface area contributed by atoms with Gasteiger partial charge in [0.15, 0.2) is 0 Å². The topological polar surface area (TPSA) is 12.0 Å². The molecule has 0 spiro atoms. The Morgan fingerprint density at radius 2 is 2.21 bits per heavy atom. The van der Waals surface area contributed by atoms with Crippen LogP contribution in [0.2, 0.25) is 0 Å². The average Bonchev–Trinajstić information content (AvgIpc) is 2.26. The van der Waals surface area contributed by atoms with Gasteiger partial charge in [0, 0.05) is 12.1 Å². The van der Waals surface area contributed by atoms with Gasteiger partial charge in [-0.15, -0.1) is 0 Å². The molecular formula is C13H17N. The minimum absolute atomic E-state index is 0.604. The van der Waals surface area contributed by atoms with Crippen LogP contribution in [0.3, 0.4) is 0 Å². The van der Waals surface area contributed by atoms with Gasteiger partial charge in [0.1, 0.15) is 0 Å². The van der Waals surface area contributed by atoms with E-state index in [1.165, 1.54) is 37.7 Å². The van der Waals surface area contributed by atoms with E-state index in [0.29, 0.717) is 12.1 Å². The van der Waals surface area contributed by atoms with E-state index >= 15 is 0 Å². The van der Waals surface area contributed by atoms with Crippen LogP contribution < -0.4 is 5.32 Å². The molecule has 0 aromatic rings. The van der Waals surface area contributed by atoms with Crippen molar-refractivity contribution in [2.45, 2.75) is 44.2 Å². The van der Waals surface area contributed by atoms with E-state index in [9.17, 15) is 0 Å². The molecule has 3 rings (SSSR count). The summed E-state index contributed by atoms with van der Waals surface area (Å²) in [5, 5.41) is 3.77. The molecule has 1 heterocycles. The van der Waals surface area contributed by atoms with Crippen molar-refractivity contribution >= 4 is 0 Å². The third-order valence-electron chi connectivity index (χ3n) is 3.61. The van der Waals surface area contributed by atoms with Crippen LogP contribution in [-0.4, -0.2) is 12.1 Å². The van der Waals surface area contributed by atoms with E-state index in [-0.39, 0.29) is 0 Å².